The van der Waals surface area contributed by atoms with Gasteiger partial charge in [-0.25, -0.2) is 0 Å². The van der Waals surface area contributed by atoms with Gasteiger partial charge in [0, 0.05) is 25.5 Å². The summed E-state index contributed by atoms with van der Waals surface area (Å²) in [5.41, 5.74) is 3.54. The van der Waals surface area contributed by atoms with E-state index in [9.17, 15) is 19.5 Å². The number of ketones is 1. The monoisotopic (exact) mass is 492 g/mol. The Bertz CT molecular complexity index is 1220. The SMILES string of the molecule is CC(=O)Oc1ccc([C@@H]2CC(=O)c3c(cc(OC(C)=O)c(C/C=C(\C)CCC=C(C)C)c3O)O2)cc1. The van der Waals surface area contributed by atoms with Crippen molar-refractivity contribution < 1.29 is 33.7 Å². The number of hydrogen-bond donors (Lipinski definition) is 1. The van der Waals surface area contributed by atoms with Crippen molar-refractivity contribution in [2.75, 3.05) is 0 Å². The molecule has 1 atom stereocenters. The summed E-state index contributed by atoms with van der Waals surface area (Å²) < 4.78 is 16.5. The molecule has 0 fully saturated rings. The Morgan fingerprint density at radius 3 is 2.31 bits per heavy atom. The van der Waals surface area contributed by atoms with Crippen molar-refractivity contribution in [3.63, 3.8) is 0 Å². The molecule has 7 nitrogen and oxygen atoms in total. The van der Waals surface area contributed by atoms with E-state index >= 15 is 0 Å². The Kier molecular flexibility index (Phi) is 8.69. The maximum Gasteiger partial charge on any atom is 0.308 e. The van der Waals surface area contributed by atoms with Crippen LogP contribution in [-0.4, -0.2) is 22.8 Å². The molecule has 3 rings (SSSR count). The van der Waals surface area contributed by atoms with Crippen LogP contribution in [0.25, 0.3) is 0 Å². The summed E-state index contributed by atoms with van der Waals surface area (Å²) in [5.74, 6) is -0.777. The molecule has 0 bridgehead atoms. The third kappa shape index (κ3) is 6.84. The van der Waals surface area contributed by atoms with Crippen LogP contribution in [0.15, 0.2) is 53.6 Å². The summed E-state index contributed by atoms with van der Waals surface area (Å²) in [6.45, 7) is 8.71. The van der Waals surface area contributed by atoms with Crippen molar-refractivity contribution in [3.8, 4) is 23.0 Å². The van der Waals surface area contributed by atoms with E-state index in [-0.39, 0.29) is 35.0 Å². The number of carbonyl (C=O) groups is 3. The minimum absolute atomic E-state index is 0.0252. The standard InChI is InChI=1S/C29H32O7/c1-17(2)7-6-8-18(3)9-14-23-26(35-20(5)31)16-27-28(29(23)33)24(32)15-25(36-27)21-10-12-22(13-11-21)34-19(4)30/h7,9-13,16,25,33H,6,8,14-15H2,1-5H3/b18-9+/t25-/m0/s1. The van der Waals surface area contributed by atoms with Gasteiger partial charge in [0.15, 0.2) is 5.78 Å². The highest BCUT2D eigenvalue weighted by Crippen LogP contribution is 2.45. The summed E-state index contributed by atoms with van der Waals surface area (Å²) in [5, 5.41) is 11.1. The van der Waals surface area contributed by atoms with E-state index < -0.39 is 18.0 Å². The highest BCUT2D eigenvalue weighted by Gasteiger charge is 2.33. The predicted molar refractivity (Wildman–Crippen MR) is 136 cm³/mol. The minimum atomic E-state index is -0.607. The zero-order valence-corrected chi connectivity index (χ0v) is 21.3. The maximum absolute atomic E-state index is 13.1. The normalized spacial score (nSPS) is 15.0. The molecule has 2 aromatic rings. The van der Waals surface area contributed by atoms with Crippen LogP contribution >= 0.6 is 0 Å². The van der Waals surface area contributed by atoms with Crippen molar-refractivity contribution in [2.45, 2.75) is 66.4 Å². The summed E-state index contributed by atoms with van der Waals surface area (Å²) in [4.78, 5) is 36.0. The molecular formula is C29H32O7. The largest absolute Gasteiger partial charge is 0.507 e. The molecule has 1 aliphatic rings. The number of phenols is 1. The summed E-state index contributed by atoms with van der Waals surface area (Å²) in [6, 6.07) is 8.17. The topological polar surface area (TPSA) is 99.1 Å². The van der Waals surface area contributed by atoms with Crippen LogP contribution in [-0.2, 0) is 16.0 Å². The number of carbonyl (C=O) groups excluding carboxylic acids is 3. The zero-order valence-electron chi connectivity index (χ0n) is 21.3. The number of Topliss-reactive ketones (excluding diaryl/α,β-unsaturated/α-hetero) is 1. The smallest absolute Gasteiger partial charge is 0.308 e. The number of aromatic hydroxyl groups is 1. The molecule has 0 aromatic heterocycles. The second kappa shape index (κ2) is 11.7. The van der Waals surface area contributed by atoms with Gasteiger partial charge in [-0.2, -0.15) is 0 Å². The average Bonchev–Trinajstić information content (AvgIpc) is 2.77. The van der Waals surface area contributed by atoms with Crippen LogP contribution in [0.2, 0.25) is 0 Å². The number of fused-ring (bicyclic) bond motifs is 1. The first-order valence-electron chi connectivity index (χ1n) is 11.9. The Morgan fingerprint density at radius 2 is 1.69 bits per heavy atom. The van der Waals surface area contributed by atoms with Gasteiger partial charge in [-0.05, 0) is 57.7 Å². The van der Waals surface area contributed by atoms with Crippen LogP contribution in [0.1, 0.15) is 81.5 Å². The van der Waals surface area contributed by atoms with E-state index in [1.807, 2.05) is 13.0 Å². The quantitative estimate of drug-likeness (QED) is 0.267. The fraction of sp³-hybridized carbons (Fsp3) is 0.345. The van der Waals surface area contributed by atoms with Crippen molar-refractivity contribution in [1.29, 1.82) is 0 Å². The summed E-state index contributed by atoms with van der Waals surface area (Å²) in [6.07, 6.45) is 5.62. The number of ether oxygens (including phenoxy) is 3. The molecule has 36 heavy (non-hydrogen) atoms. The first-order valence-corrected chi connectivity index (χ1v) is 11.9. The van der Waals surface area contributed by atoms with E-state index in [4.69, 9.17) is 14.2 Å². The van der Waals surface area contributed by atoms with Crippen LogP contribution in [0.3, 0.4) is 0 Å². The highest BCUT2D eigenvalue weighted by molar-refractivity contribution is 6.03. The molecule has 0 saturated heterocycles. The van der Waals surface area contributed by atoms with Gasteiger partial charge in [0.05, 0.1) is 6.42 Å². The molecule has 0 amide bonds. The molecule has 0 unspecified atom stereocenters. The fourth-order valence-electron chi connectivity index (χ4n) is 4.00. The van der Waals surface area contributed by atoms with Gasteiger partial charge in [-0.1, -0.05) is 35.4 Å². The van der Waals surface area contributed by atoms with Crippen LogP contribution in [0, 0.1) is 0 Å². The number of allylic oxidation sites excluding steroid dienone is 4. The van der Waals surface area contributed by atoms with E-state index in [0.717, 1.165) is 18.4 Å². The van der Waals surface area contributed by atoms with Crippen molar-refractivity contribution >= 4 is 17.7 Å². The van der Waals surface area contributed by atoms with Crippen LogP contribution in [0.4, 0.5) is 0 Å². The minimum Gasteiger partial charge on any atom is -0.507 e. The molecule has 1 N–H and O–H groups in total. The number of hydrogen-bond acceptors (Lipinski definition) is 7. The van der Waals surface area contributed by atoms with E-state index in [1.165, 1.54) is 25.5 Å². The van der Waals surface area contributed by atoms with Gasteiger partial charge in [0.25, 0.3) is 0 Å². The molecule has 2 aromatic carbocycles. The van der Waals surface area contributed by atoms with E-state index in [2.05, 4.69) is 19.9 Å². The van der Waals surface area contributed by atoms with Crippen molar-refractivity contribution in [3.05, 3.63) is 70.3 Å². The van der Waals surface area contributed by atoms with Gasteiger partial charge in [0.2, 0.25) is 0 Å². The van der Waals surface area contributed by atoms with Gasteiger partial charge in [0.1, 0.15) is 34.7 Å². The highest BCUT2D eigenvalue weighted by atomic mass is 16.5. The second-order valence-electron chi connectivity index (χ2n) is 9.14. The van der Waals surface area contributed by atoms with Gasteiger partial charge >= 0.3 is 11.9 Å². The van der Waals surface area contributed by atoms with Crippen molar-refractivity contribution in [1.82, 2.24) is 0 Å². The predicted octanol–water partition coefficient (Wildman–Crippen LogP) is 6.18. The van der Waals surface area contributed by atoms with Gasteiger partial charge < -0.3 is 19.3 Å². The summed E-state index contributed by atoms with van der Waals surface area (Å²) in [7, 11) is 0. The molecule has 0 spiro atoms. The Labute approximate surface area is 211 Å². The zero-order chi connectivity index (χ0) is 26.4. The molecular weight excluding hydrogens is 460 g/mol. The third-order valence-electron chi connectivity index (χ3n) is 5.76. The molecule has 1 heterocycles. The molecule has 1 aliphatic heterocycles. The third-order valence-corrected chi connectivity index (χ3v) is 5.76. The first kappa shape index (κ1) is 26.7. The van der Waals surface area contributed by atoms with Gasteiger partial charge in [-0.15, -0.1) is 0 Å². The number of benzene rings is 2. The average molecular weight is 493 g/mol. The van der Waals surface area contributed by atoms with Crippen LogP contribution in [0.5, 0.6) is 23.0 Å². The van der Waals surface area contributed by atoms with Gasteiger partial charge in [-0.3, -0.25) is 14.4 Å². The Morgan fingerprint density at radius 1 is 1.03 bits per heavy atom. The van der Waals surface area contributed by atoms with E-state index in [1.54, 1.807) is 24.3 Å². The Balaban J connectivity index is 1.90. The second-order valence-corrected chi connectivity index (χ2v) is 9.14. The number of esters is 2. The molecule has 190 valence electrons. The lowest BCUT2D eigenvalue weighted by Crippen LogP contribution is -2.21. The summed E-state index contributed by atoms with van der Waals surface area (Å²) >= 11 is 0. The maximum atomic E-state index is 13.1. The Hall–Kier alpha value is -3.87. The number of rotatable bonds is 8. The molecule has 0 saturated carbocycles. The molecule has 0 aliphatic carbocycles. The van der Waals surface area contributed by atoms with E-state index in [0.29, 0.717) is 23.3 Å². The number of phenolic OH excluding ortho intramolecular Hbond substituents is 1. The lowest BCUT2D eigenvalue weighted by atomic mass is 9.92. The molecule has 7 heteroatoms. The lowest BCUT2D eigenvalue weighted by Gasteiger charge is -2.27. The first-order chi connectivity index (χ1) is 17.0. The lowest BCUT2D eigenvalue weighted by molar-refractivity contribution is -0.132. The molecule has 0 radical (unpaired) electrons. The van der Waals surface area contributed by atoms with Crippen LogP contribution < -0.4 is 14.2 Å². The van der Waals surface area contributed by atoms with Crippen molar-refractivity contribution in [2.24, 2.45) is 0 Å². The fourth-order valence-corrected chi connectivity index (χ4v) is 4.00.